The van der Waals surface area contributed by atoms with Gasteiger partial charge in [0, 0.05) is 12.0 Å². The topological polar surface area (TPSA) is 12.0 Å². The van der Waals surface area contributed by atoms with Crippen molar-refractivity contribution in [3.8, 4) is 0 Å². The van der Waals surface area contributed by atoms with Crippen molar-refractivity contribution >= 4 is 0 Å². The van der Waals surface area contributed by atoms with E-state index in [9.17, 15) is 0 Å². The Labute approximate surface area is 106 Å². The van der Waals surface area contributed by atoms with E-state index >= 15 is 0 Å². The first kappa shape index (κ1) is 12.6. The average molecular weight is 231 g/mol. The maximum Gasteiger partial charge on any atom is 0.0103 e. The van der Waals surface area contributed by atoms with Gasteiger partial charge in [-0.2, -0.15) is 0 Å². The van der Waals surface area contributed by atoms with Crippen LogP contribution in [0.5, 0.6) is 0 Å². The lowest BCUT2D eigenvalue weighted by atomic mass is 9.72. The Hall–Kier alpha value is -0.820. The molecule has 0 amide bonds. The zero-order valence-electron chi connectivity index (χ0n) is 11.6. The van der Waals surface area contributed by atoms with Crippen LogP contribution in [0.15, 0.2) is 18.2 Å². The summed E-state index contributed by atoms with van der Waals surface area (Å²) in [6.45, 7) is 7.95. The summed E-state index contributed by atoms with van der Waals surface area (Å²) in [6, 6.07) is 7.06. The predicted molar refractivity (Wildman–Crippen MR) is 74.5 cm³/mol. The lowest BCUT2D eigenvalue weighted by Gasteiger charge is -2.35. The van der Waals surface area contributed by atoms with Gasteiger partial charge in [0.25, 0.3) is 0 Å². The van der Waals surface area contributed by atoms with Gasteiger partial charge < -0.3 is 5.32 Å². The van der Waals surface area contributed by atoms with Crippen LogP contribution >= 0.6 is 0 Å². The number of hydrogen-bond acceptors (Lipinski definition) is 1. The average Bonchev–Trinajstić information content (AvgIpc) is 2.60. The Morgan fingerprint density at radius 2 is 1.88 bits per heavy atom. The van der Waals surface area contributed by atoms with E-state index < -0.39 is 0 Å². The Morgan fingerprint density at radius 3 is 2.35 bits per heavy atom. The zero-order chi connectivity index (χ0) is 12.5. The second-order valence-electron chi connectivity index (χ2n) is 5.86. The standard InChI is InChI=1S/C16H25N/c1-12-8-13(2)10-15(9-12)16(11-17-4)7-5-6-14(16)3/h8-10,14,17H,5-7,11H2,1-4H3. The summed E-state index contributed by atoms with van der Waals surface area (Å²) in [5, 5.41) is 3.42. The molecule has 1 nitrogen and oxygen atoms in total. The van der Waals surface area contributed by atoms with Gasteiger partial charge in [-0.3, -0.25) is 0 Å². The van der Waals surface area contributed by atoms with E-state index in [1.54, 1.807) is 5.56 Å². The first-order valence-corrected chi connectivity index (χ1v) is 6.82. The first-order chi connectivity index (χ1) is 8.08. The van der Waals surface area contributed by atoms with Crippen LogP contribution in [0.25, 0.3) is 0 Å². The van der Waals surface area contributed by atoms with Crippen molar-refractivity contribution in [2.45, 2.75) is 45.4 Å². The maximum atomic E-state index is 3.42. The molecule has 0 aliphatic heterocycles. The molecule has 0 saturated heterocycles. The molecule has 1 aromatic rings. The van der Waals surface area contributed by atoms with Crippen LogP contribution in [-0.4, -0.2) is 13.6 Å². The minimum absolute atomic E-state index is 0.367. The van der Waals surface area contributed by atoms with Crippen molar-refractivity contribution in [2.75, 3.05) is 13.6 Å². The molecule has 1 saturated carbocycles. The molecule has 0 bridgehead atoms. The normalized spacial score (nSPS) is 28.6. The molecule has 0 aromatic heterocycles. The van der Waals surface area contributed by atoms with Gasteiger partial charge in [0.2, 0.25) is 0 Å². The molecule has 1 N–H and O–H groups in total. The van der Waals surface area contributed by atoms with Crippen LogP contribution in [0.3, 0.4) is 0 Å². The highest BCUT2D eigenvalue weighted by Crippen LogP contribution is 2.45. The molecule has 94 valence electrons. The van der Waals surface area contributed by atoms with Crippen LogP contribution in [0.1, 0.15) is 42.9 Å². The third-order valence-electron chi connectivity index (χ3n) is 4.49. The summed E-state index contributed by atoms with van der Waals surface area (Å²) >= 11 is 0. The van der Waals surface area contributed by atoms with Crippen LogP contribution in [-0.2, 0) is 5.41 Å². The Kier molecular flexibility index (Phi) is 3.58. The van der Waals surface area contributed by atoms with Crippen molar-refractivity contribution in [2.24, 2.45) is 5.92 Å². The molecule has 17 heavy (non-hydrogen) atoms. The van der Waals surface area contributed by atoms with E-state index in [4.69, 9.17) is 0 Å². The molecule has 0 spiro atoms. The third kappa shape index (κ3) is 2.26. The highest BCUT2D eigenvalue weighted by Gasteiger charge is 2.41. The molecule has 1 heteroatoms. The van der Waals surface area contributed by atoms with E-state index in [2.05, 4.69) is 51.3 Å². The molecular formula is C16H25N. The van der Waals surface area contributed by atoms with E-state index in [-0.39, 0.29) is 0 Å². The predicted octanol–water partition coefficient (Wildman–Crippen LogP) is 3.58. The fraction of sp³-hybridized carbons (Fsp3) is 0.625. The fourth-order valence-corrected chi connectivity index (χ4v) is 3.62. The summed E-state index contributed by atoms with van der Waals surface area (Å²) in [6.07, 6.45) is 4.07. The van der Waals surface area contributed by atoms with Gasteiger partial charge in [-0.1, -0.05) is 42.7 Å². The SMILES string of the molecule is CNCC1(c2cc(C)cc(C)c2)CCCC1C. The van der Waals surface area contributed by atoms with Gasteiger partial charge in [0.1, 0.15) is 0 Å². The molecule has 1 aliphatic carbocycles. The fourth-order valence-electron chi connectivity index (χ4n) is 3.62. The Balaban J connectivity index is 2.45. The summed E-state index contributed by atoms with van der Waals surface area (Å²) < 4.78 is 0. The number of nitrogens with one attached hydrogen (secondary N) is 1. The molecule has 2 rings (SSSR count). The molecule has 2 atom stereocenters. The van der Waals surface area contributed by atoms with Gasteiger partial charge in [0.15, 0.2) is 0 Å². The third-order valence-corrected chi connectivity index (χ3v) is 4.49. The summed E-state index contributed by atoms with van der Waals surface area (Å²) in [7, 11) is 2.08. The largest absolute Gasteiger partial charge is 0.319 e. The molecule has 0 radical (unpaired) electrons. The van der Waals surface area contributed by atoms with Crippen molar-refractivity contribution in [1.29, 1.82) is 0 Å². The van der Waals surface area contributed by atoms with Crippen molar-refractivity contribution in [3.05, 3.63) is 34.9 Å². The van der Waals surface area contributed by atoms with Crippen molar-refractivity contribution < 1.29 is 0 Å². The van der Waals surface area contributed by atoms with Gasteiger partial charge in [-0.25, -0.2) is 0 Å². The smallest absolute Gasteiger partial charge is 0.0103 e. The lowest BCUT2D eigenvalue weighted by molar-refractivity contribution is 0.326. The van der Waals surface area contributed by atoms with Crippen molar-refractivity contribution in [1.82, 2.24) is 5.32 Å². The van der Waals surface area contributed by atoms with Crippen LogP contribution in [0.2, 0.25) is 0 Å². The zero-order valence-corrected chi connectivity index (χ0v) is 11.6. The van der Waals surface area contributed by atoms with Crippen LogP contribution < -0.4 is 5.32 Å². The second-order valence-corrected chi connectivity index (χ2v) is 5.86. The Morgan fingerprint density at radius 1 is 1.24 bits per heavy atom. The number of hydrogen-bond donors (Lipinski definition) is 1. The number of likely N-dealkylation sites (N-methyl/N-ethyl adjacent to an activating group) is 1. The van der Waals surface area contributed by atoms with E-state index in [0.29, 0.717) is 5.41 Å². The molecule has 1 aromatic carbocycles. The number of benzene rings is 1. The van der Waals surface area contributed by atoms with E-state index in [1.807, 2.05) is 0 Å². The molecule has 1 fully saturated rings. The van der Waals surface area contributed by atoms with Gasteiger partial charge in [-0.15, -0.1) is 0 Å². The molecule has 0 heterocycles. The monoisotopic (exact) mass is 231 g/mol. The number of rotatable bonds is 3. The second kappa shape index (κ2) is 4.81. The summed E-state index contributed by atoms with van der Waals surface area (Å²) in [5.41, 5.74) is 4.71. The van der Waals surface area contributed by atoms with Crippen LogP contribution in [0.4, 0.5) is 0 Å². The number of aryl methyl sites for hydroxylation is 2. The lowest BCUT2D eigenvalue weighted by Crippen LogP contribution is -2.39. The minimum atomic E-state index is 0.367. The van der Waals surface area contributed by atoms with E-state index in [1.165, 1.54) is 30.4 Å². The highest BCUT2D eigenvalue weighted by molar-refractivity contribution is 5.36. The van der Waals surface area contributed by atoms with Crippen molar-refractivity contribution in [3.63, 3.8) is 0 Å². The quantitative estimate of drug-likeness (QED) is 0.838. The first-order valence-electron chi connectivity index (χ1n) is 6.82. The van der Waals surface area contributed by atoms with Gasteiger partial charge >= 0.3 is 0 Å². The van der Waals surface area contributed by atoms with Crippen LogP contribution in [0, 0.1) is 19.8 Å². The molecule has 1 aliphatic rings. The maximum absolute atomic E-state index is 3.42. The highest BCUT2D eigenvalue weighted by atomic mass is 14.8. The summed E-state index contributed by atoms with van der Waals surface area (Å²) in [4.78, 5) is 0. The molecular weight excluding hydrogens is 206 g/mol. The molecule has 2 unspecified atom stereocenters. The summed E-state index contributed by atoms with van der Waals surface area (Å²) in [5.74, 6) is 0.788. The Bertz CT molecular complexity index is 376. The minimum Gasteiger partial charge on any atom is -0.319 e. The van der Waals surface area contributed by atoms with Gasteiger partial charge in [-0.05, 0) is 45.2 Å². The van der Waals surface area contributed by atoms with E-state index in [0.717, 1.165) is 12.5 Å². The van der Waals surface area contributed by atoms with Gasteiger partial charge in [0.05, 0.1) is 0 Å².